The van der Waals surface area contributed by atoms with Gasteiger partial charge in [-0.3, -0.25) is 4.68 Å². The molecule has 3 heterocycles. The molecule has 0 saturated heterocycles. The molecule has 0 amide bonds. The first kappa shape index (κ1) is 24.2. The van der Waals surface area contributed by atoms with Crippen molar-refractivity contribution >= 4 is 32.3 Å². The Morgan fingerprint density at radius 1 is 1.12 bits per heavy atom. The second-order valence-corrected chi connectivity index (χ2v) is 11.2. The molecule has 0 bridgehead atoms. The SMILES string of the molecule is CO[C@H](c1ncc(Cl)cn1)[C@H](C)S(=O)(=O)Cc1nnc(-c2cccc3nn(C)cc23)n1C(C)C. The Hall–Kier alpha value is -2.89. The maximum Gasteiger partial charge on any atom is 0.164 e. The van der Waals surface area contributed by atoms with E-state index in [-0.39, 0.29) is 17.6 Å². The van der Waals surface area contributed by atoms with Crippen molar-refractivity contribution < 1.29 is 13.2 Å². The van der Waals surface area contributed by atoms with Gasteiger partial charge in [-0.05, 0) is 26.8 Å². The van der Waals surface area contributed by atoms with Gasteiger partial charge in [0.25, 0.3) is 0 Å². The van der Waals surface area contributed by atoms with Crippen molar-refractivity contribution in [2.75, 3.05) is 7.11 Å². The van der Waals surface area contributed by atoms with Crippen molar-refractivity contribution in [3.63, 3.8) is 0 Å². The molecule has 0 fully saturated rings. The Morgan fingerprint density at radius 3 is 2.47 bits per heavy atom. The number of rotatable bonds is 8. The lowest BCUT2D eigenvalue weighted by molar-refractivity contribution is 0.0948. The van der Waals surface area contributed by atoms with Gasteiger partial charge in [0.05, 0.1) is 15.8 Å². The van der Waals surface area contributed by atoms with Gasteiger partial charge in [-0.1, -0.05) is 23.7 Å². The number of aryl methyl sites for hydroxylation is 1. The van der Waals surface area contributed by atoms with E-state index in [1.807, 2.05) is 49.9 Å². The van der Waals surface area contributed by atoms with Crippen molar-refractivity contribution in [1.29, 1.82) is 0 Å². The van der Waals surface area contributed by atoms with Gasteiger partial charge in [0.15, 0.2) is 21.5 Å². The van der Waals surface area contributed by atoms with Crippen LogP contribution in [-0.2, 0) is 27.4 Å². The normalized spacial score (nSPS) is 14.1. The highest BCUT2D eigenvalue weighted by Gasteiger charge is 2.34. The van der Waals surface area contributed by atoms with Crippen LogP contribution in [0, 0.1) is 0 Å². The van der Waals surface area contributed by atoms with Crippen molar-refractivity contribution in [3.8, 4) is 11.4 Å². The molecule has 0 radical (unpaired) electrons. The fourth-order valence-corrected chi connectivity index (χ4v) is 5.51. The fraction of sp³-hybridized carbons (Fsp3) is 0.409. The van der Waals surface area contributed by atoms with Crippen LogP contribution >= 0.6 is 11.6 Å². The number of benzene rings is 1. The topological polar surface area (TPSA) is 118 Å². The molecule has 4 rings (SSSR count). The van der Waals surface area contributed by atoms with Crippen LogP contribution in [0.1, 0.15) is 44.6 Å². The maximum atomic E-state index is 13.4. The van der Waals surface area contributed by atoms with Crippen LogP contribution in [0.2, 0.25) is 5.02 Å². The van der Waals surface area contributed by atoms with E-state index in [9.17, 15) is 8.42 Å². The molecule has 0 aliphatic heterocycles. The Morgan fingerprint density at radius 2 is 1.82 bits per heavy atom. The van der Waals surface area contributed by atoms with Gasteiger partial charge in [0, 0.05) is 49.7 Å². The number of hydrogen-bond donors (Lipinski definition) is 0. The highest BCUT2D eigenvalue weighted by atomic mass is 35.5. The molecule has 34 heavy (non-hydrogen) atoms. The molecule has 4 aromatic rings. The van der Waals surface area contributed by atoms with E-state index in [1.165, 1.54) is 19.5 Å². The molecule has 10 nitrogen and oxygen atoms in total. The van der Waals surface area contributed by atoms with E-state index < -0.39 is 21.2 Å². The second kappa shape index (κ2) is 9.40. The van der Waals surface area contributed by atoms with Crippen LogP contribution in [0.5, 0.6) is 0 Å². The van der Waals surface area contributed by atoms with Gasteiger partial charge in [-0.2, -0.15) is 5.10 Å². The summed E-state index contributed by atoms with van der Waals surface area (Å²) in [6.07, 6.45) is 3.88. The van der Waals surface area contributed by atoms with E-state index >= 15 is 0 Å². The highest BCUT2D eigenvalue weighted by molar-refractivity contribution is 7.91. The van der Waals surface area contributed by atoms with Gasteiger partial charge in [-0.15, -0.1) is 10.2 Å². The molecule has 0 unspecified atom stereocenters. The number of methoxy groups -OCH3 is 1. The van der Waals surface area contributed by atoms with Crippen molar-refractivity contribution in [2.24, 2.45) is 7.05 Å². The maximum absolute atomic E-state index is 13.4. The lowest BCUT2D eigenvalue weighted by Gasteiger charge is -2.22. The highest BCUT2D eigenvalue weighted by Crippen LogP contribution is 2.31. The van der Waals surface area contributed by atoms with Crippen LogP contribution in [0.3, 0.4) is 0 Å². The second-order valence-electron chi connectivity index (χ2n) is 8.37. The molecule has 2 atom stereocenters. The van der Waals surface area contributed by atoms with Crippen LogP contribution in [0.4, 0.5) is 0 Å². The van der Waals surface area contributed by atoms with E-state index in [0.717, 1.165) is 16.5 Å². The molecular formula is C22H26ClN7O3S. The van der Waals surface area contributed by atoms with Crippen LogP contribution < -0.4 is 0 Å². The smallest absolute Gasteiger partial charge is 0.164 e. The van der Waals surface area contributed by atoms with E-state index in [2.05, 4.69) is 25.3 Å². The molecule has 0 aliphatic rings. The standard InChI is InChI=1S/C22H26ClN7O3S/c1-13(2)30-19(26-27-22(30)16-7-6-8-18-17(16)11-29(4)28-18)12-34(31,32)14(3)20(33-5)21-24-9-15(23)10-25-21/h6-11,13-14,20H,12H2,1-5H3/t14-,20-/m0/s1. The number of sulfone groups is 1. The van der Waals surface area contributed by atoms with E-state index in [4.69, 9.17) is 16.3 Å². The number of fused-ring (bicyclic) bond motifs is 1. The third-order valence-corrected chi connectivity index (χ3v) is 7.90. The first-order valence-electron chi connectivity index (χ1n) is 10.7. The molecular weight excluding hydrogens is 478 g/mol. The predicted octanol–water partition coefficient (Wildman–Crippen LogP) is 3.55. The van der Waals surface area contributed by atoms with Crippen LogP contribution in [-0.4, -0.2) is 55.3 Å². The number of hydrogen-bond acceptors (Lipinski definition) is 8. The molecule has 0 N–H and O–H groups in total. The average Bonchev–Trinajstić information content (AvgIpc) is 3.37. The first-order chi connectivity index (χ1) is 16.1. The van der Waals surface area contributed by atoms with Crippen molar-refractivity contribution in [3.05, 3.63) is 53.5 Å². The molecule has 0 spiro atoms. The minimum Gasteiger partial charge on any atom is -0.372 e. The summed E-state index contributed by atoms with van der Waals surface area (Å²) in [4.78, 5) is 8.28. The number of aromatic nitrogens is 7. The van der Waals surface area contributed by atoms with Crippen LogP contribution in [0.25, 0.3) is 22.3 Å². The van der Waals surface area contributed by atoms with Gasteiger partial charge in [0.1, 0.15) is 17.7 Å². The summed E-state index contributed by atoms with van der Waals surface area (Å²) in [5.41, 5.74) is 1.67. The Labute approximate surface area is 202 Å². The molecule has 180 valence electrons. The van der Waals surface area contributed by atoms with Gasteiger partial charge < -0.3 is 9.30 Å². The Kier molecular flexibility index (Phi) is 6.70. The number of halogens is 1. The summed E-state index contributed by atoms with van der Waals surface area (Å²) in [7, 11) is -0.441. The molecule has 0 saturated carbocycles. The molecule has 3 aromatic heterocycles. The number of nitrogens with zero attached hydrogens (tertiary/aromatic N) is 7. The summed E-state index contributed by atoms with van der Waals surface area (Å²) in [5, 5.41) is 13.5. The summed E-state index contributed by atoms with van der Waals surface area (Å²) >= 11 is 5.87. The monoisotopic (exact) mass is 503 g/mol. The third-order valence-electron chi connectivity index (χ3n) is 5.66. The zero-order valence-electron chi connectivity index (χ0n) is 19.5. The summed E-state index contributed by atoms with van der Waals surface area (Å²) < 4.78 is 35.9. The van der Waals surface area contributed by atoms with Crippen LogP contribution in [0.15, 0.2) is 36.8 Å². The van der Waals surface area contributed by atoms with Gasteiger partial charge in [-0.25, -0.2) is 18.4 Å². The van der Waals surface area contributed by atoms with E-state index in [0.29, 0.717) is 16.7 Å². The zero-order chi connectivity index (χ0) is 24.6. The average molecular weight is 504 g/mol. The largest absolute Gasteiger partial charge is 0.372 e. The van der Waals surface area contributed by atoms with E-state index in [1.54, 1.807) is 11.6 Å². The van der Waals surface area contributed by atoms with Gasteiger partial charge in [0.2, 0.25) is 0 Å². The number of ether oxygens (including phenoxy) is 1. The Bertz CT molecular complexity index is 1410. The summed E-state index contributed by atoms with van der Waals surface area (Å²) in [6, 6.07) is 5.69. The summed E-state index contributed by atoms with van der Waals surface area (Å²) in [5.74, 6) is 0.883. The lowest BCUT2D eigenvalue weighted by Crippen LogP contribution is -2.30. The summed E-state index contributed by atoms with van der Waals surface area (Å²) in [6.45, 7) is 5.51. The molecule has 0 aliphatic carbocycles. The minimum absolute atomic E-state index is 0.0738. The third kappa shape index (κ3) is 4.55. The predicted molar refractivity (Wildman–Crippen MR) is 129 cm³/mol. The molecule has 12 heteroatoms. The van der Waals surface area contributed by atoms with Gasteiger partial charge >= 0.3 is 0 Å². The quantitative estimate of drug-likeness (QED) is 0.358. The minimum atomic E-state index is -3.72. The molecule has 1 aromatic carbocycles. The van der Waals surface area contributed by atoms with Crippen molar-refractivity contribution in [1.82, 2.24) is 34.5 Å². The van der Waals surface area contributed by atoms with Crippen molar-refractivity contribution in [2.45, 2.75) is 43.9 Å². The lowest BCUT2D eigenvalue weighted by atomic mass is 10.1. The fourth-order valence-electron chi connectivity index (χ4n) is 3.98. The zero-order valence-corrected chi connectivity index (χ0v) is 21.1. The Balaban J connectivity index is 1.71. The first-order valence-corrected chi connectivity index (χ1v) is 12.8.